The van der Waals surface area contributed by atoms with Crippen molar-refractivity contribution >= 4 is 7.28 Å². The van der Waals surface area contributed by atoms with Crippen molar-refractivity contribution < 1.29 is 0 Å². The van der Waals surface area contributed by atoms with E-state index in [4.69, 9.17) is 0 Å². The highest BCUT2D eigenvalue weighted by Crippen LogP contribution is 2.31. The summed E-state index contributed by atoms with van der Waals surface area (Å²) in [6.07, 6.45) is 0. The molecule has 2 heteroatoms. The first-order valence-electron chi connectivity index (χ1n) is 5.17. The van der Waals surface area contributed by atoms with Gasteiger partial charge in [-0.05, 0) is 23.8 Å². The molecule has 2 unspecified atom stereocenters. The molecule has 1 aromatic rings. The van der Waals surface area contributed by atoms with Gasteiger partial charge in [-0.15, -0.1) is 0 Å². The zero-order valence-corrected chi connectivity index (χ0v) is 8.16. The molecule has 1 nitrogen and oxygen atoms in total. The Kier molecular flexibility index (Phi) is 2.69. The molecule has 1 fully saturated rings. The summed E-state index contributed by atoms with van der Waals surface area (Å²) < 4.78 is 0. The maximum Gasteiger partial charge on any atom is 0.123 e. The number of rotatable bonds is 2. The lowest BCUT2D eigenvalue weighted by atomic mass is 9.61. The summed E-state index contributed by atoms with van der Waals surface area (Å²) in [5.74, 6) is 1.58. The largest absolute Gasteiger partial charge is 0.317 e. The lowest BCUT2D eigenvalue weighted by Gasteiger charge is -2.16. The molecule has 0 saturated carbocycles. The topological polar surface area (TPSA) is 12.0 Å². The Labute approximate surface area is 80.8 Å². The fourth-order valence-electron chi connectivity index (χ4n) is 2.25. The van der Waals surface area contributed by atoms with Crippen molar-refractivity contribution in [2.24, 2.45) is 0 Å². The van der Waals surface area contributed by atoms with Crippen LogP contribution in [0.2, 0.25) is 12.6 Å². The summed E-state index contributed by atoms with van der Waals surface area (Å²) in [6.45, 7) is 4.63. The minimum absolute atomic E-state index is 0.742. The maximum atomic E-state index is 3.47. The van der Waals surface area contributed by atoms with E-state index in [-0.39, 0.29) is 0 Å². The Bertz CT molecular complexity index is 260. The number of benzene rings is 1. The van der Waals surface area contributed by atoms with Gasteiger partial charge in [-0.2, -0.15) is 0 Å². The first-order chi connectivity index (χ1) is 6.42. The molecule has 1 aromatic carbocycles. The van der Waals surface area contributed by atoms with Gasteiger partial charge in [-0.25, -0.2) is 0 Å². The minimum atomic E-state index is 0.742. The molecule has 13 heavy (non-hydrogen) atoms. The van der Waals surface area contributed by atoms with E-state index >= 15 is 0 Å². The molecule has 0 aliphatic carbocycles. The van der Waals surface area contributed by atoms with Crippen LogP contribution in [0.15, 0.2) is 30.3 Å². The average Bonchev–Trinajstić information content (AvgIpc) is 2.67. The second-order valence-electron chi connectivity index (χ2n) is 3.84. The van der Waals surface area contributed by atoms with Crippen molar-refractivity contribution in [2.75, 3.05) is 13.1 Å². The first kappa shape index (κ1) is 8.83. The van der Waals surface area contributed by atoms with E-state index in [1.807, 2.05) is 0 Å². The second kappa shape index (κ2) is 3.97. The highest BCUT2D eigenvalue weighted by atomic mass is 14.9. The van der Waals surface area contributed by atoms with Crippen LogP contribution in [0, 0.1) is 0 Å². The molecular weight excluding hydrogens is 157 g/mol. The molecule has 0 amide bonds. The molecular formula is C11H16BN. The van der Waals surface area contributed by atoms with E-state index in [0.717, 1.165) is 18.3 Å². The lowest BCUT2D eigenvalue weighted by Crippen LogP contribution is -2.09. The number of hydrogen-bond donors (Lipinski definition) is 1. The van der Waals surface area contributed by atoms with Gasteiger partial charge in [-0.1, -0.05) is 37.2 Å². The van der Waals surface area contributed by atoms with Crippen LogP contribution in [0.3, 0.4) is 0 Å². The van der Waals surface area contributed by atoms with Gasteiger partial charge in [0.1, 0.15) is 7.28 Å². The van der Waals surface area contributed by atoms with Crippen molar-refractivity contribution in [3.05, 3.63) is 35.9 Å². The van der Waals surface area contributed by atoms with Gasteiger partial charge in [-0.3, -0.25) is 0 Å². The van der Waals surface area contributed by atoms with Crippen molar-refractivity contribution in [1.82, 2.24) is 5.32 Å². The monoisotopic (exact) mass is 173 g/mol. The van der Waals surface area contributed by atoms with E-state index in [1.165, 1.54) is 19.4 Å². The zero-order chi connectivity index (χ0) is 9.10. The highest BCUT2D eigenvalue weighted by molar-refractivity contribution is 6.36. The summed E-state index contributed by atoms with van der Waals surface area (Å²) in [6, 6.07) is 10.9. The SMILES string of the molecule is CBC1CNCC1c1ccccc1. The lowest BCUT2D eigenvalue weighted by molar-refractivity contribution is 0.758. The van der Waals surface area contributed by atoms with Crippen molar-refractivity contribution in [3.8, 4) is 0 Å². The van der Waals surface area contributed by atoms with Crippen molar-refractivity contribution in [3.63, 3.8) is 0 Å². The molecule has 1 N–H and O–H groups in total. The van der Waals surface area contributed by atoms with Gasteiger partial charge in [0.05, 0.1) is 0 Å². The van der Waals surface area contributed by atoms with E-state index < -0.39 is 0 Å². The summed E-state index contributed by atoms with van der Waals surface area (Å²) in [4.78, 5) is 0. The Morgan fingerprint density at radius 1 is 1.23 bits per heavy atom. The van der Waals surface area contributed by atoms with Crippen LogP contribution in [0.5, 0.6) is 0 Å². The molecule has 1 aliphatic rings. The third-order valence-corrected chi connectivity index (χ3v) is 3.09. The van der Waals surface area contributed by atoms with Gasteiger partial charge in [0.15, 0.2) is 0 Å². The van der Waals surface area contributed by atoms with Crippen LogP contribution in [0.4, 0.5) is 0 Å². The molecule has 68 valence electrons. The standard InChI is InChI=1S/C11H16BN/c1-12-11-8-13-7-10(11)9-5-3-2-4-6-9/h2-6,10-13H,7-8H2,1H3. The molecule has 1 heterocycles. The van der Waals surface area contributed by atoms with Crippen LogP contribution < -0.4 is 5.32 Å². The molecule has 0 radical (unpaired) electrons. The van der Waals surface area contributed by atoms with Crippen LogP contribution in [0.25, 0.3) is 0 Å². The Morgan fingerprint density at radius 2 is 2.00 bits per heavy atom. The Hall–Kier alpha value is -0.755. The van der Waals surface area contributed by atoms with Crippen molar-refractivity contribution in [2.45, 2.75) is 18.6 Å². The van der Waals surface area contributed by atoms with E-state index in [9.17, 15) is 0 Å². The summed E-state index contributed by atoms with van der Waals surface area (Å²) in [5.41, 5.74) is 1.50. The second-order valence-corrected chi connectivity index (χ2v) is 3.84. The summed E-state index contributed by atoms with van der Waals surface area (Å²) in [7, 11) is 1.28. The maximum absolute atomic E-state index is 3.47. The van der Waals surface area contributed by atoms with Gasteiger partial charge < -0.3 is 5.32 Å². The molecule has 0 bridgehead atoms. The number of nitrogens with one attached hydrogen (secondary N) is 1. The predicted molar refractivity (Wildman–Crippen MR) is 58.8 cm³/mol. The summed E-state index contributed by atoms with van der Waals surface area (Å²) >= 11 is 0. The Morgan fingerprint density at radius 3 is 2.69 bits per heavy atom. The van der Waals surface area contributed by atoms with Crippen LogP contribution in [-0.2, 0) is 0 Å². The molecule has 1 aliphatic heterocycles. The summed E-state index contributed by atoms with van der Waals surface area (Å²) in [5, 5.41) is 3.47. The quantitative estimate of drug-likeness (QED) is 0.670. The zero-order valence-electron chi connectivity index (χ0n) is 8.16. The van der Waals surface area contributed by atoms with E-state index in [0.29, 0.717) is 0 Å². The third-order valence-electron chi connectivity index (χ3n) is 3.09. The highest BCUT2D eigenvalue weighted by Gasteiger charge is 2.26. The van der Waals surface area contributed by atoms with E-state index in [2.05, 4.69) is 42.5 Å². The van der Waals surface area contributed by atoms with Gasteiger partial charge in [0.2, 0.25) is 0 Å². The molecule has 2 rings (SSSR count). The van der Waals surface area contributed by atoms with Crippen LogP contribution in [-0.4, -0.2) is 20.4 Å². The predicted octanol–water partition coefficient (Wildman–Crippen LogP) is 1.65. The number of hydrogen-bond acceptors (Lipinski definition) is 1. The van der Waals surface area contributed by atoms with Gasteiger partial charge in [0, 0.05) is 6.54 Å². The fraction of sp³-hybridized carbons (Fsp3) is 0.455. The van der Waals surface area contributed by atoms with Crippen molar-refractivity contribution in [1.29, 1.82) is 0 Å². The molecule has 2 atom stereocenters. The smallest absolute Gasteiger partial charge is 0.123 e. The van der Waals surface area contributed by atoms with Crippen LogP contribution in [0.1, 0.15) is 11.5 Å². The molecule has 0 aromatic heterocycles. The van der Waals surface area contributed by atoms with E-state index in [1.54, 1.807) is 0 Å². The molecule has 1 saturated heterocycles. The normalized spacial score (nSPS) is 27.5. The minimum Gasteiger partial charge on any atom is -0.317 e. The van der Waals surface area contributed by atoms with Crippen LogP contribution >= 0.6 is 0 Å². The van der Waals surface area contributed by atoms with Gasteiger partial charge in [0.25, 0.3) is 0 Å². The third kappa shape index (κ3) is 1.78. The molecule has 0 spiro atoms. The Balaban J connectivity index is 2.16. The first-order valence-corrected chi connectivity index (χ1v) is 5.17. The average molecular weight is 173 g/mol. The van der Waals surface area contributed by atoms with Gasteiger partial charge >= 0.3 is 0 Å². The fourth-order valence-corrected chi connectivity index (χ4v) is 2.25.